The molecule has 0 spiro atoms. The van der Waals surface area contributed by atoms with Crippen molar-refractivity contribution >= 4 is 17.7 Å². The molecular weight excluding hydrogens is 303 g/mol. The molecule has 0 aliphatic heterocycles. The molecule has 4 N–H and O–H groups in total. The second-order valence-electron chi connectivity index (χ2n) is 4.33. The molecule has 2 amide bonds. The van der Waals surface area contributed by atoms with Gasteiger partial charge in [0.15, 0.2) is 0 Å². The lowest BCUT2D eigenvalue weighted by molar-refractivity contribution is -0.137. The summed E-state index contributed by atoms with van der Waals surface area (Å²) in [6.07, 6.45) is -2.05. The van der Waals surface area contributed by atoms with E-state index < -0.39 is 23.7 Å². The summed E-state index contributed by atoms with van der Waals surface area (Å²) in [4.78, 5) is 21.9. The van der Waals surface area contributed by atoms with Gasteiger partial charge >= 0.3 is 18.2 Å². The van der Waals surface area contributed by atoms with E-state index in [1.807, 2.05) is 0 Å². The Balaban J connectivity index is 2.40. The van der Waals surface area contributed by atoms with Crippen molar-refractivity contribution in [2.24, 2.45) is 5.73 Å². The van der Waals surface area contributed by atoms with E-state index in [1.54, 1.807) is 0 Å². The molecule has 2 aromatic rings. The van der Waals surface area contributed by atoms with Gasteiger partial charge in [0.25, 0.3) is 0 Å². The Labute approximate surface area is 122 Å². The predicted molar refractivity (Wildman–Crippen MR) is 70.9 cm³/mol. The van der Waals surface area contributed by atoms with Crippen LogP contribution in [0.2, 0.25) is 0 Å². The van der Waals surface area contributed by atoms with Crippen molar-refractivity contribution in [3.63, 3.8) is 0 Å². The molecule has 6 nitrogen and oxygen atoms in total. The van der Waals surface area contributed by atoms with Crippen LogP contribution in [0.4, 0.5) is 23.7 Å². The number of benzene rings is 1. The standard InChI is InChI=1S/C13H10F3N3O3/c14-13(15,16)7-1-3-8(4-2-7)19-5-9(11(20)21)10(6-19)18-12(17)22/h1-6H,(H,20,21)(H3,17,18,22). The summed E-state index contributed by atoms with van der Waals surface area (Å²) < 4.78 is 38.8. The number of primary amides is 1. The topological polar surface area (TPSA) is 97.4 Å². The van der Waals surface area contributed by atoms with Gasteiger partial charge in [-0.25, -0.2) is 9.59 Å². The maximum atomic E-state index is 12.5. The average molecular weight is 313 g/mol. The molecule has 0 unspecified atom stereocenters. The summed E-state index contributed by atoms with van der Waals surface area (Å²) >= 11 is 0. The number of amides is 2. The first kappa shape index (κ1) is 15.4. The fourth-order valence-electron chi connectivity index (χ4n) is 1.83. The molecule has 22 heavy (non-hydrogen) atoms. The van der Waals surface area contributed by atoms with E-state index in [0.717, 1.165) is 18.3 Å². The zero-order valence-corrected chi connectivity index (χ0v) is 10.9. The summed E-state index contributed by atoms with van der Waals surface area (Å²) in [7, 11) is 0. The predicted octanol–water partition coefficient (Wildman–Crippen LogP) is 2.68. The van der Waals surface area contributed by atoms with Crippen LogP contribution in [0.1, 0.15) is 15.9 Å². The zero-order valence-electron chi connectivity index (χ0n) is 10.9. The third kappa shape index (κ3) is 3.19. The highest BCUT2D eigenvalue weighted by Gasteiger charge is 2.30. The number of urea groups is 1. The lowest BCUT2D eigenvalue weighted by Crippen LogP contribution is -2.20. The third-order valence-corrected chi connectivity index (χ3v) is 2.81. The average Bonchev–Trinajstić information content (AvgIpc) is 2.81. The van der Waals surface area contributed by atoms with Crippen molar-refractivity contribution in [2.75, 3.05) is 5.32 Å². The van der Waals surface area contributed by atoms with Crippen molar-refractivity contribution in [1.82, 2.24) is 4.57 Å². The minimum atomic E-state index is -4.46. The van der Waals surface area contributed by atoms with Crippen molar-refractivity contribution < 1.29 is 27.9 Å². The van der Waals surface area contributed by atoms with Crippen LogP contribution in [0.25, 0.3) is 5.69 Å². The molecule has 0 aliphatic carbocycles. The van der Waals surface area contributed by atoms with Gasteiger partial charge < -0.3 is 20.7 Å². The Hall–Kier alpha value is -2.97. The number of aromatic carboxylic acids is 1. The number of carboxylic acid groups (broad SMARTS) is 1. The van der Waals surface area contributed by atoms with E-state index in [4.69, 9.17) is 10.8 Å². The van der Waals surface area contributed by atoms with Crippen LogP contribution >= 0.6 is 0 Å². The molecular formula is C13H10F3N3O3. The summed E-state index contributed by atoms with van der Waals surface area (Å²) in [5.41, 5.74) is 4.12. The van der Waals surface area contributed by atoms with Gasteiger partial charge in [0.1, 0.15) is 5.56 Å². The number of nitrogens with one attached hydrogen (secondary N) is 1. The number of rotatable bonds is 3. The van der Waals surface area contributed by atoms with Gasteiger partial charge in [-0.1, -0.05) is 0 Å². The lowest BCUT2D eigenvalue weighted by atomic mass is 10.2. The van der Waals surface area contributed by atoms with E-state index in [-0.39, 0.29) is 11.3 Å². The van der Waals surface area contributed by atoms with Crippen LogP contribution in [0.3, 0.4) is 0 Å². The number of carboxylic acids is 1. The van der Waals surface area contributed by atoms with Crippen LogP contribution < -0.4 is 11.1 Å². The van der Waals surface area contributed by atoms with Crippen LogP contribution in [-0.4, -0.2) is 21.7 Å². The molecule has 0 fully saturated rings. The van der Waals surface area contributed by atoms with E-state index >= 15 is 0 Å². The third-order valence-electron chi connectivity index (χ3n) is 2.81. The number of carbonyl (C=O) groups excluding carboxylic acids is 1. The SMILES string of the molecule is NC(=O)Nc1cn(-c2ccc(C(F)(F)F)cc2)cc1C(=O)O. The second kappa shape index (κ2) is 5.43. The van der Waals surface area contributed by atoms with E-state index in [9.17, 15) is 22.8 Å². The number of nitrogens with two attached hydrogens (primary N) is 1. The number of nitrogens with zero attached hydrogens (tertiary/aromatic N) is 1. The number of aromatic nitrogens is 1. The molecule has 1 heterocycles. The number of hydrogen-bond acceptors (Lipinski definition) is 2. The number of halogens is 3. The quantitative estimate of drug-likeness (QED) is 0.812. The number of anilines is 1. The Morgan fingerprint density at radius 3 is 2.18 bits per heavy atom. The largest absolute Gasteiger partial charge is 0.478 e. The highest BCUT2D eigenvalue weighted by molar-refractivity contribution is 5.99. The first-order valence-electron chi connectivity index (χ1n) is 5.88. The Bertz CT molecular complexity index is 720. The van der Waals surface area contributed by atoms with Crippen LogP contribution in [-0.2, 0) is 6.18 Å². The van der Waals surface area contributed by atoms with E-state index in [2.05, 4.69) is 5.32 Å². The molecule has 9 heteroatoms. The van der Waals surface area contributed by atoms with Crippen molar-refractivity contribution in [3.05, 3.63) is 47.8 Å². The summed E-state index contributed by atoms with van der Waals surface area (Å²) in [5, 5.41) is 11.2. The molecule has 0 aliphatic rings. The minimum absolute atomic E-state index is 0.0557. The maximum absolute atomic E-state index is 12.5. The molecule has 0 bridgehead atoms. The normalized spacial score (nSPS) is 11.2. The highest BCUT2D eigenvalue weighted by Crippen LogP contribution is 2.30. The lowest BCUT2D eigenvalue weighted by Gasteiger charge is -2.08. The zero-order chi connectivity index (χ0) is 16.5. The molecule has 1 aromatic heterocycles. The van der Waals surface area contributed by atoms with Gasteiger partial charge in [-0.15, -0.1) is 0 Å². The fourth-order valence-corrected chi connectivity index (χ4v) is 1.83. The van der Waals surface area contributed by atoms with Crippen LogP contribution in [0, 0.1) is 0 Å². The van der Waals surface area contributed by atoms with Crippen LogP contribution in [0.5, 0.6) is 0 Å². The van der Waals surface area contributed by atoms with Gasteiger partial charge in [-0.2, -0.15) is 13.2 Å². The van der Waals surface area contributed by atoms with Crippen molar-refractivity contribution in [1.29, 1.82) is 0 Å². The monoisotopic (exact) mass is 313 g/mol. The Morgan fingerprint density at radius 1 is 1.14 bits per heavy atom. The van der Waals surface area contributed by atoms with Gasteiger partial charge in [-0.05, 0) is 24.3 Å². The molecule has 0 saturated carbocycles. The minimum Gasteiger partial charge on any atom is -0.478 e. The van der Waals surface area contributed by atoms with Gasteiger partial charge in [-0.3, -0.25) is 0 Å². The number of hydrogen-bond donors (Lipinski definition) is 3. The van der Waals surface area contributed by atoms with Gasteiger partial charge in [0, 0.05) is 18.1 Å². The van der Waals surface area contributed by atoms with Gasteiger partial charge in [0.2, 0.25) is 0 Å². The second-order valence-corrected chi connectivity index (χ2v) is 4.33. The first-order chi connectivity index (χ1) is 10.2. The number of carbonyl (C=O) groups is 2. The molecule has 0 radical (unpaired) electrons. The Kier molecular flexibility index (Phi) is 3.81. The highest BCUT2D eigenvalue weighted by atomic mass is 19.4. The molecule has 0 atom stereocenters. The fraction of sp³-hybridized carbons (Fsp3) is 0.0769. The maximum Gasteiger partial charge on any atom is 0.416 e. The summed E-state index contributed by atoms with van der Waals surface area (Å²) in [6, 6.07) is 3.16. The van der Waals surface area contributed by atoms with E-state index in [1.165, 1.54) is 22.9 Å². The summed E-state index contributed by atoms with van der Waals surface area (Å²) in [6.45, 7) is 0. The van der Waals surface area contributed by atoms with Crippen molar-refractivity contribution in [2.45, 2.75) is 6.18 Å². The molecule has 2 rings (SSSR count). The smallest absolute Gasteiger partial charge is 0.416 e. The van der Waals surface area contributed by atoms with E-state index in [0.29, 0.717) is 5.69 Å². The molecule has 1 aromatic carbocycles. The summed E-state index contributed by atoms with van der Waals surface area (Å²) in [5.74, 6) is -1.31. The van der Waals surface area contributed by atoms with Crippen LogP contribution in [0.15, 0.2) is 36.7 Å². The van der Waals surface area contributed by atoms with Crippen molar-refractivity contribution in [3.8, 4) is 5.69 Å². The molecule has 0 saturated heterocycles. The number of alkyl halides is 3. The Morgan fingerprint density at radius 2 is 1.73 bits per heavy atom. The first-order valence-corrected chi connectivity index (χ1v) is 5.88. The molecule has 116 valence electrons. The van der Waals surface area contributed by atoms with Gasteiger partial charge in [0.05, 0.1) is 11.3 Å².